The van der Waals surface area contributed by atoms with Crippen molar-refractivity contribution in [2.24, 2.45) is 7.05 Å². The van der Waals surface area contributed by atoms with Gasteiger partial charge in [0.15, 0.2) is 0 Å². The quantitative estimate of drug-likeness (QED) is 0.843. The highest BCUT2D eigenvalue weighted by Crippen LogP contribution is 2.21. The summed E-state index contributed by atoms with van der Waals surface area (Å²) in [4.78, 5) is 4.47. The molecule has 0 saturated heterocycles. The van der Waals surface area contributed by atoms with E-state index in [1.54, 1.807) is 0 Å². The van der Waals surface area contributed by atoms with Gasteiger partial charge in [0.25, 0.3) is 0 Å². The van der Waals surface area contributed by atoms with E-state index in [2.05, 4.69) is 27.0 Å². The van der Waals surface area contributed by atoms with Crippen molar-refractivity contribution in [3.8, 4) is 11.3 Å². The number of nitrogens with one attached hydrogen (secondary N) is 1. The first kappa shape index (κ1) is 10.9. The predicted molar refractivity (Wildman–Crippen MR) is 66.3 cm³/mol. The van der Waals surface area contributed by atoms with E-state index >= 15 is 0 Å². The highest BCUT2D eigenvalue weighted by atomic mass is 15.0. The molecule has 0 saturated carbocycles. The molecule has 84 valence electrons. The lowest BCUT2D eigenvalue weighted by atomic mass is 10.1. The Balaban J connectivity index is 2.34. The smallest absolute Gasteiger partial charge is 0.0953 e. The van der Waals surface area contributed by atoms with Crippen LogP contribution in [-0.2, 0) is 13.5 Å². The average Bonchev–Trinajstić information content (AvgIpc) is 2.69. The lowest BCUT2D eigenvalue weighted by molar-refractivity contribution is 0.738. The Labute approximate surface area is 96.1 Å². The summed E-state index contributed by atoms with van der Waals surface area (Å²) >= 11 is 0. The molecule has 16 heavy (non-hydrogen) atoms. The second-order valence-corrected chi connectivity index (χ2v) is 3.87. The molecule has 0 fully saturated rings. The van der Waals surface area contributed by atoms with Crippen LogP contribution in [0.1, 0.15) is 5.69 Å². The standard InChI is InChI=1S/C13H17N3/c1-14-9-8-12-13(15-10-16(12)2)11-6-4-3-5-7-11/h3-7,10,14H,8-9H2,1-2H3. The van der Waals surface area contributed by atoms with Crippen molar-refractivity contribution in [2.45, 2.75) is 6.42 Å². The summed E-state index contributed by atoms with van der Waals surface area (Å²) in [5.41, 5.74) is 3.56. The fourth-order valence-corrected chi connectivity index (χ4v) is 1.83. The average molecular weight is 215 g/mol. The second kappa shape index (κ2) is 4.94. The third-order valence-electron chi connectivity index (χ3n) is 2.72. The molecule has 0 aliphatic heterocycles. The van der Waals surface area contributed by atoms with E-state index in [-0.39, 0.29) is 0 Å². The van der Waals surface area contributed by atoms with E-state index < -0.39 is 0 Å². The number of aromatic nitrogens is 2. The molecule has 0 unspecified atom stereocenters. The van der Waals surface area contributed by atoms with Crippen LogP contribution in [0.5, 0.6) is 0 Å². The van der Waals surface area contributed by atoms with Crippen LogP contribution in [0.2, 0.25) is 0 Å². The zero-order chi connectivity index (χ0) is 11.4. The van der Waals surface area contributed by atoms with Crippen molar-refractivity contribution in [2.75, 3.05) is 13.6 Å². The largest absolute Gasteiger partial charge is 0.337 e. The number of likely N-dealkylation sites (N-methyl/N-ethyl adjacent to an activating group) is 1. The van der Waals surface area contributed by atoms with Crippen LogP contribution in [0.15, 0.2) is 36.7 Å². The van der Waals surface area contributed by atoms with Crippen molar-refractivity contribution in [1.82, 2.24) is 14.9 Å². The Hall–Kier alpha value is -1.61. The van der Waals surface area contributed by atoms with Crippen molar-refractivity contribution >= 4 is 0 Å². The van der Waals surface area contributed by atoms with Gasteiger partial charge in [-0.1, -0.05) is 30.3 Å². The van der Waals surface area contributed by atoms with Gasteiger partial charge in [-0.05, 0) is 7.05 Å². The van der Waals surface area contributed by atoms with Gasteiger partial charge in [0.05, 0.1) is 12.0 Å². The minimum absolute atomic E-state index is 0.972. The first-order chi connectivity index (χ1) is 7.83. The number of aryl methyl sites for hydroxylation is 1. The SMILES string of the molecule is CNCCc1c(-c2ccccc2)ncn1C. The fraction of sp³-hybridized carbons (Fsp3) is 0.308. The van der Waals surface area contributed by atoms with Gasteiger partial charge in [0, 0.05) is 31.3 Å². The molecule has 0 amide bonds. The summed E-state index contributed by atoms with van der Waals surface area (Å²) in [6.07, 6.45) is 2.88. The maximum absolute atomic E-state index is 4.47. The summed E-state index contributed by atoms with van der Waals surface area (Å²) in [6, 6.07) is 10.3. The topological polar surface area (TPSA) is 29.9 Å². The van der Waals surface area contributed by atoms with Crippen molar-refractivity contribution in [3.05, 3.63) is 42.4 Å². The van der Waals surface area contributed by atoms with Crippen molar-refractivity contribution < 1.29 is 0 Å². The van der Waals surface area contributed by atoms with Gasteiger partial charge in [0.1, 0.15) is 0 Å². The summed E-state index contributed by atoms with van der Waals surface area (Å²) < 4.78 is 2.10. The van der Waals surface area contributed by atoms with Crippen LogP contribution in [-0.4, -0.2) is 23.1 Å². The van der Waals surface area contributed by atoms with Gasteiger partial charge in [-0.2, -0.15) is 0 Å². The third kappa shape index (κ3) is 2.14. The number of hydrogen-bond acceptors (Lipinski definition) is 2. The maximum atomic E-state index is 4.47. The van der Waals surface area contributed by atoms with Crippen LogP contribution < -0.4 is 5.32 Å². The molecule has 2 rings (SSSR count). The highest BCUT2D eigenvalue weighted by molar-refractivity contribution is 5.61. The molecule has 0 aliphatic carbocycles. The summed E-state index contributed by atoms with van der Waals surface area (Å²) in [6.45, 7) is 0.972. The molecular weight excluding hydrogens is 198 g/mol. The molecule has 2 aromatic rings. The monoisotopic (exact) mass is 215 g/mol. The molecule has 3 nitrogen and oxygen atoms in total. The van der Waals surface area contributed by atoms with Crippen molar-refractivity contribution in [3.63, 3.8) is 0 Å². The van der Waals surface area contributed by atoms with Crippen LogP contribution in [0, 0.1) is 0 Å². The van der Waals surface area contributed by atoms with Crippen molar-refractivity contribution in [1.29, 1.82) is 0 Å². The molecule has 3 heteroatoms. The van der Waals surface area contributed by atoms with E-state index in [1.165, 1.54) is 11.3 Å². The number of benzene rings is 1. The summed E-state index contributed by atoms with van der Waals surface area (Å²) in [5.74, 6) is 0. The van der Waals surface area contributed by atoms with Gasteiger partial charge in [-0.25, -0.2) is 4.98 Å². The zero-order valence-corrected chi connectivity index (χ0v) is 9.77. The Morgan fingerprint density at radius 2 is 2.00 bits per heavy atom. The molecule has 1 aromatic carbocycles. The van der Waals surface area contributed by atoms with Crippen LogP contribution in [0.4, 0.5) is 0 Å². The molecular formula is C13H17N3. The minimum atomic E-state index is 0.972. The van der Waals surface area contributed by atoms with Gasteiger partial charge >= 0.3 is 0 Å². The van der Waals surface area contributed by atoms with E-state index in [9.17, 15) is 0 Å². The molecule has 1 heterocycles. The summed E-state index contributed by atoms with van der Waals surface area (Å²) in [7, 11) is 4.02. The number of nitrogens with zero attached hydrogens (tertiary/aromatic N) is 2. The van der Waals surface area contributed by atoms with Crippen LogP contribution >= 0.6 is 0 Å². The molecule has 0 radical (unpaired) electrons. The number of hydrogen-bond donors (Lipinski definition) is 1. The first-order valence-corrected chi connectivity index (χ1v) is 5.53. The van der Waals surface area contributed by atoms with E-state index in [4.69, 9.17) is 0 Å². The van der Waals surface area contributed by atoms with Gasteiger partial charge in [0.2, 0.25) is 0 Å². The molecule has 0 bridgehead atoms. The van der Waals surface area contributed by atoms with E-state index in [0.717, 1.165) is 18.7 Å². The Morgan fingerprint density at radius 1 is 1.25 bits per heavy atom. The Bertz CT molecular complexity index is 445. The molecule has 1 aromatic heterocycles. The molecule has 0 aliphatic rings. The van der Waals surface area contributed by atoms with Crippen LogP contribution in [0.3, 0.4) is 0 Å². The maximum Gasteiger partial charge on any atom is 0.0953 e. The zero-order valence-electron chi connectivity index (χ0n) is 9.77. The number of rotatable bonds is 4. The van der Waals surface area contributed by atoms with E-state index in [1.807, 2.05) is 38.6 Å². The second-order valence-electron chi connectivity index (χ2n) is 3.87. The minimum Gasteiger partial charge on any atom is -0.337 e. The molecule has 0 atom stereocenters. The summed E-state index contributed by atoms with van der Waals surface area (Å²) in [5, 5.41) is 3.17. The van der Waals surface area contributed by atoms with Crippen LogP contribution in [0.25, 0.3) is 11.3 Å². The Morgan fingerprint density at radius 3 is 2.69 bits per heavy atom. The van der Waals surface area contributed by atoms with Gasteiger partial charge in [-0.15, -0.1) is 0 Å². The lowest BCUT2D eigenvalue weighted by Crippen LogP contribution is -2.12. The highest BCUT2D eigenvalue weighted by Gasteiger charge is 2.09. The normalized spacial score (nSPS) is 10.6. The molecule has 0 spiro atoms. The van der Waals surface area contributed by atoms with E-state index in [0.29, 0.717) is 0 Å². The number of imidazole rings is 1. The lowest BCUT2D eigenvalue weighted by Gasteiger charge is -2.05. The predicted octanol–water partition coefficient (Wildman–Crippen LogP) is 1.85. The Kier molecular flexibility index (Phi) is 3.37. The third-order valence-corrected chi connectivity index (χ3v) is 2.72. The fourth-order valence-electron chi connectivity index (χ4n) is 1.83. The van der Waals surface area contributed by atoms with Gasteiger partial charge in [-0.3, -0.25) is 0 Å². The molecule has 1 N–H and O–H groups in total. The van der Waals surface area contributed by atoms with Gasteiger partial charge < -0.3 is 9.88 Å². The first-order valence-electron chi connectivity index (χ1n) is 5.53.